The van der Waals surface area contributed by atoms with Gasteiger partial charge >= 0.3 is 0 Å². The van der Waals surface area contributed by atoms with E-state index in [1.807, 2.05) is 67.6 Å². The molecule has 0 bridgehead atoms. The van der Waals surface area contributed by atoms with Gasteiger partial charge in [0.25, 0.3) is 0 Å². The zero-order chi connectivity index (χ0) is 20.1. The number of fused-ring (bicyclic) bond motifs is 1. The molecule has 0 saturated heterocycles. The summed E-state index contributed by atoms with van der Waals surface area (Å²) in [4.78, 5) is 0. The zero-order valence-electron chi connectivity index (χ0n) is 16.1. The van der Waals surface area contributed by atoms with Crippen LogP contribution in [-0.4, -0.2) is 13.4 Å². The second-order valence-electron chi connectivity index (χ2n) is 6.55. The summed E-state index contributed by atoms with van der Waals surface area (Å²) in [6.07, 6.45) is 0. The molecule has 1 aliphatic heterocycles. The molecule has 0 radical (unpaired) electrons. The highest BCUT2D eigenvalue weighted by Crippen LogP contribution is 2.35. The van der Waals surface area contributed by atoms with Crippen molar-refractivity contribution in [2.24, 2.45) is 0 Å². The number of ether oxygens (including phenoxy) is 4. The molecule has 0 atom stereocenters. The van der Waals surface area contributed by atoms with Crippen LogP contribution in [0.5, 0.6) is 23.0 Å². The summed E-state index contributed by atoms with van der Waals surface area (Å²) in [5.41, 5.74) is 3.06. The molecule has 6 heteroatoms. The molecular weight excluding hydrogens is 390 g/mol. The molecule has 1 heterocycles. The van der Waals surface area contributed by atoms with Gasteiger partial charge in [-0.15, -0.1) is 0 Å². The molecule has 1 aliphatic rings. The Kier molecular flexibility index (Phi) is 5.96. The first-order valence-electron chi connectivity index (χ1n) is 9.48. The third-order valence-electron chi connectivity index (χ3n) is 4.46. The van der Waals surface area contributed by atoms with Crippen molar-refractivity contribution in [2.45, 2.75) is 20.1 Å². The second-order valence-corrected chi connectivity index (χ2v) is 6.99. The number of anilines is 1. The molecule has 5 nitrogen and oxygen atoms in total. The first-order valence-corrected chi connectivity index (χ1v) is 9.85. The number of halogens is 1. The molecule has 0 saturated carbocycles. The molecule has 0 fully saturated rings. The predicted molar refractivity (Wildman–Crippen MR) is 113 cm³/mol. The maximum atomic E-state index is 6.04. The van der Waals surface area contributed by atoms with Gasteiger partial charge in [-0.05, 0) is 54.4 Å². The lowest BCUT2D eigenvalue weighted by molar-refractivity contribution is 0.174. The molecule has 29 heavy (non-hydrogen) atoms. The first kappa shape index (κ1) is 19.3. The van der Waals surface area contributed by atoms with Crippen LogP contribution in [0, 0.1) is 0 Å². The van der Waals surface area contributed by atoms with Crippen molar-refractivity contribution < 1.29 is 18.9 Å². The minimum atomic E-state index is 0.271. The summed E-state index contributed by atoms with van der Waals surface area (Å²) in [5, 5.41) is 4.09. The van der Waals surface area contributed by atoms with Crippen LogP contribution in [0.1, 0.15) is 18.1 Å². The van der Waals surface area contributed by atoms with Crippen LogP contribution in [-0.2, 0) is 13.2 Å². The standard InChI is InChI=1S/C23H22ClNO4/c1-2-26-22-11-16(13-25-19-7-9-21-23(12-19)29-15-28-21)6-8-20(22)27-14-17-4-3-5-18(24)10-17/h3-12,25H,2,13-15H2,1H3. The molecule has 150 valence electrons. The number of rotatable bonds is 8. The number of nitrogens with one attached hydrogen (secondary N) is 1. The van der Waals surface area contributed by atoms with E-state index in [4.69, 9.17) is 30.5 Å². The van der Waals surface area contributed by atoms with E-state index in [-0.39, 0.29) is 6.79 Å². The highest BCUT2D eigenvalue weighted by atomic mass is 35.5. The number of hydrogen-bond donors (Lipinski definition) is 1. The van der Waals surface area contributed by atoms with E-state index in [1.165, 1.54) is 0 Å². The van der Waals surface area contributed by atoms with Crippen molar-refractivity contribution in [3.8, 4) is 23.0 Å². The summed E-state index contributed by atoms with van der Waals surface area (Å²) in [7, 11) is 0. The van der Waals surface area contributed by atoms with Crippen LogP contribution in [0.2, 0.25) is 5.02 Å². The quantitative estimate of drug-likeness (QED) is 0.518. The van der Waals surface area contributed by atoms with Gasteiger partial charge in [0, 0.05) is 23.3 Å². The van der Waals surface area contributed by atoms with E-state index in [0.29, 0.717) is 30.5 Å². The summed E-state index contributed by atoms with van der Waals surface area (Å²) < 4.78 is 22.5. The smallest absolute Gasteiger partial charge is 0.231 e. The second kappa shape index (κ2) is 8.97. The van der Waals surface area contributed by atoms with Gasteiger partial charge in [-0.2, -0.15) is 0 Å². The van der Waals surface area contributed by atoms with Crippen LogP contribution < -0.4 is 24.3 Å². The Morgan fingerprint density at radius 3 is 2.66 bits per heavy atom. The van der Waals surface area contributed by atoms with Crippen molar-refractivity contribution in [1.82, 2.24) is 0 Å². The van der Waals surface area contributed by atoms with E-state index in [9.17, 15) is 0 Å². The molecule has 4 rings (SSSR count). The van der Waals surface area contributed by atoms with Gasteiger partial charge in [0.15, 0.2) is 23.0 Å². The van der Waals surface area contributed by atoms with Gasteiger partial charge in [0.2, 0.25) is 6.79 Å². The number of benzene rings is 3. The highest BCUT2D eigenvalue weighted by molar-refractivity contribution is 6.30. The SMILES string of the molecule is CCOc1cc(CNc2ccc3c(c2)OCO3)ccc1OCc1cccc(Cl)c1. The highest BCUT2D eigenvalue weighted by Gasteiger charge is 2.13. The maximum Gasteiger partial charge on any atom is 0.231 e. The van der Waals surface area contributed by atoms with E-state index < -0.39 is 0 Å². The van der Waals surface area contributed by atoms with E-state index >= 15 is 0 Å². The average Bonchev–Trinajstić information content (AvgIpc) is 3.20. The largest absolute Gasteiger partial charge is 0.490 e. The molecule has 3 aromatic carbocycles. The van der Waals surface area contributed by atoms with Crippen molar-refractivity contribution in [3.05, 3.63) is 76.8 Å². The van der Waals surface area contributed by atoms with Crippen molar-refractivity contribution in [1.29, 1.82) is 0 Å². The van der Waals surface area contributed by atoms with Gasteiger partial charge in [-0.1, -0.05) is 29.8 Å². The minimum absolute atomic E-state index is 0.271. The van der Waals surface area contributed by atoms with Gasteiger partial charge in [-0.25, -0.2) is 0 Å². The Hall–Kier alpha value is -3.05. The average molecular weight is 412 g/mol. The van der Waals surface area contributed by atoms with Gasteiger partial charge < -0.3 is 24.3 Å². The fourth-order valence-electron chi connectivity index (χ4n) is 3.05. The van der Waals surface area contributed by atoms with Crippen LogP contribution in [0.3, 0.4) is 0 Å². The molecule has 0 aromatic heterocycles. The Labute approximate surface area is 175 Å². The van der Waals surface area contributed by atoms with Crippen LogP contribution in [0.25, 0.3) is 0 Å². The van der Waals surface area contributed by atoms with Crippen molar-refractivity contribution in [3.63, 3.8) is 0 Å². The summed E-state index contributed by atoms with van der Waals surface area (Å²) in [6, 6.07) is 19.4. The normalized spacial score (nSPS) is 11.9. The Bertz CT molecular complexity index is 992. The molecule has 3 aromatic rings. The van der Waals surface area contributed by atoms with Crippen molar-refractivity contribution >= 4 is 17.3 Å². The van der Waals surface area contributed by atoms with Crippen LogP contribution in [0.15, 0.2) is 60.7 Å². The monoisotopic (exact) mass is 411 g/mol. The molecule has 0 spiro atoms. The molecular formula is C23H22ClNO4. The molecule has 1 N–H and O–H groups in total. The predicted octanol–water partition coefficient (Wildman–Crippen LogP) is 5.66. The first-order chi connectivity index (χ1) is 14.2. The van der Waals surface area contributed by atoms with Crippen LogP contribution in [0.4, 0.5) is 5.69 Å². The topological polar surface area (TPSA) is 49.0 Å². The van der Waals surface area contributed by atoms with Gasteiger partial charge in [0.1, 0.15) is 6.61 Å². The third-order valence-corrected chi connectivity index (χ3v) is 4.70. The molecule has 0 amide bonds. The summed E-state index contributed by atoms with van der Waals surface area (Å²) >= 11 is 6.04. The molecule has 0 aliphatic carbocycles. The lowest BCUT2D eigenvalue weighted by Gasteiger charge is -2.14. The Morgan fingerprint density at radius 2 is 1.79 bits per heavy atom. The minimum Gasteiger partial charge on any atom is -0.490 e. The Balaban J connectivity index is 1.42. The fourth-order valence-corrected chi connectivity index (χ4v) is 3.26. The Morgan fingerprint density at radius 1 is 0.897 bits per heavy atom. The van der Waals surface area contributed by atoms with E-state index in [0.717, 1.165) is 34.1 Å². The zero-order valence-corrected chi connectivity index (χ0v) is 16.9. The summed E-state index contributed by atoms with van der Waals surface area (Å²) in [5.74, 6) is 2.96. The number of hydrogen-bond acceptors (Lipinski definition) is 5. The lowest BCUT2D eigenvalue weighted by Crippen LogP contribution is -2.03. The summed E-state index contributed by atoms with van der Waals surface area (Å²) in [6.45, 7) is 3.86. The van der Waals surface area contributed by atoms with E-state index in [2.05, 4.69) is 5.32 Å². The fraction of sp³-hybridized carbons (Fsp3) is 0.217. The van der Waals surface area contributed by atoms with Gasteiger partial charge in [0.05, 0.1) is 6.61 Å². The van der Waals surface area contributed by atoms with Gasteiger partial charge in [-0.3, -0.25) is 0 Å². The van der Waals surface area contributed by atoms with Crippen LogP contribution >= 0.6 is 11.6 Å². The third kappa shape index (κ3) is 4.87. The lowest BCUT2D eigenvalue weighted by atomic mass is 10.2. The molecule has 0 unspecified atom stereocenters. The van der Waals surface area contributed by atoms with Crippen molar-refractivity contribution in [2.75, 3.05) is 18.7 Å². The van der Waals surface area contributed by atoms with E-state index in [1.54, 1.807) is 0 Å². The maximum absolute atomic E-state index is 6.04.